The van der Waals surface area contributed by atoms with Gasteiger partial charge < -0.3 is 20.8 Å². The second-order valence-electron chi connectivity index (χ2n) is 2.94. The van der Waals surface area contributed by atoms with Crippen LogP contribution >= 0.6 is 0 Å². The largest absolute Gasteiger partial charge is 1.00 e. The second-order valence-corrected chi connectivity index (χ2v) is 5.77. The van der Waals surface area contributed by atoms with Crippen molar-refractivity contribution in [2.45, 2.75) is 6.29 Å². The van der Waals surface area contributed by atoms with Crippen LogP contribution in [0.4, 0.5) is 0 Å². The molecule has 146 valence electrons. The zero-order chi connectivity index (χ0) is 18.8. The maximum absolute atomic E-state index is 9.99. The SMILES string of the molecule is O=S(=O)(O)O.O=S(=O)(O)O.O=S(=O)(O)OC(O)C(CO)CO.[Na+].[OH-]. The van der Waals surface area contributed by atoms with Crippen molar-refractivity contribution in [3.8, 4) is 0 Å². The molecule has 1 unspecified atom stereocenters. The third-order valence-corrected chi connectivity index (χ3v) is 1.53. The summed E-state index contributed by atoms with van der Waals surface area (Å²) >= 11 is 0. The number of aliphatic hydroxyl groups is 3. The van der Waals surface area contributed by atoms with Gasteiger partial charge in [0.05, 0.1) is 19.1 Å². The first-order chi connectivity index (χ1) is 9.40. The smallest absolute Gasteiger partial charge is 0.870 e. The molecule has 0 aliphatic heterocycles. The molecule has 0 aliphatic rings. The van der Waals surface area contributed by atoms with E-state index in [0.29, 0.717) is 0 Å². The average molecular weight is 438 g/mol. The van der Waals surface area contributed by atoms with E-state index in [1.54, 1.807) is 0 Å². The van der Waals surface area contributed by atoms with Crippen molar-refractivity contribution in [2.75, 3.05) is 13.2 Å². The molecule has 0 aromatic heterocycles. The second kappa shape index (κ2) is 15.7. The van der Waals surface area contributed by atoms with Crippen molar-refractivity contribution < 1.29 is 103 Å². The van der Waals surface area contributed by atoms with Crippen LogP contribution in [0, 0.1) is 5.92 Å². The fourth-order valence-electron chi connectivity index (χ4n) is 0.441. The third-order valence-electron chi connectivity index (χ3n) is 1.09. The first kappa shape index (κ1) is 35.5. The maximum Gasteiger partial charge on any atom is 1.00 e. The van der Waals surface area contributed by atoms with Crippen LogP contribution in [0.3, 0.4) is 0 Å². The Bertz CT molecular complexity index is 527. The predicted molar refractivity (Wildman–Crippen MR) is 66.6 cm³/mol. The van der Waals surface area contributed by atoms with Gasteiger partial charge in [-0.05, 0) is 0 Å². The molecule has 0 fully saturated rings. The molecular weight excluding hydrogens is 423 g/mol. The van der Waals surface area contributed by atoms with Gasteiger partial charge >= 0.3 is 60.8 Å². The molecule has 0 aliphatic carbocycles. The standard InChI is InChI=1S/C4H10O7S.Na.2H2O4S.H2O/c5-1-3(2-6)4(7)11-12(8,9)10;;2*1-5(2,3)4;/h3-7H,1-2H2,(H,8,9,10);;2*(H2,1,2,3,4);1H2/q;+1;;;/p-1. The molecule has 0 aromatic carbocycles. The van der Waals surface area contributed by atoms with Crippen molar-refractivity contribution >= 4 is 31.2 Å². The summed E-state index contributed by atoms with van der Waals surface area (Å²) in [6, 6.07) is 0. The Kier molecular flexibility index (Phi) is 23.2. The average Bonchev–Trinajstić information content (AvgIpc) is 2.10. The van der Waals surface area contributed by atoms with E-state index in [1.807, 2.05) is 0 Å². The van der Waals surface area contributed by atoms with E-state index in [9.17, 15) is 8.42 Å². The van der Waals surface area contributed by atoms with Crippen LogP contribution in [-0.2, 0) is 35.4 Å². The molecule has 0 spiro atoms. The summed E-state index contributed by atoms with van der Waals surface area (Å²) in [6.07, 6.45) is -1.95. The fourth-order valence-corrected chi connectivity index (χ4v) is 0.848. The van der Waals surface area contributed by atoms with E-state index < -0.39 is 56.6 Å². The van der Waals surface area contributed by atoms with Crippen molar-refractivity contribution in [3.05, 3.63) is 0 Å². The molecule has 0 saturated carbocycles. The monoisotopic (exact) mass is 438 g/mol. The Morgan fingerprint density at radius 1 is 0.750 bits per heavy atom. The van der Waals surface area contributed by atoms with E-state index >= 15 is 0 Å². The van der Waals surface area contributed by atoms with E-state index in [0.717, 1.165) is 0 Å². The van der Waals surface area contributed by atoms with Crippen LogP contribution < -0.4 is 29.6 Å². The zero-order valence-corrected chi connectivity index (χ0v) is 16.1. The summed E-state index contributed by atoms with van der Waals surface area (Å²) in [5.41, 5.74) is 0. The molecule has 0 amide bonds. The Hall–Kier alpha value is 0.450. The number of hydrogen-bond donors (Lipinski definition) is 8. The number of rotatable bonds is 5. The molecule has 1 atom stereocenters. The van der Waals surface area contributed by atoms with Gasteiger partial charge in [-0.2, -0.15) is 25.3 Å². The third kappa shape index (κ3) is 57.1. The molecule has 9 N–H and O–H groups in total. The first-order valence-corrected chi connectivity index (χ1v) is 8.51. The van der Waals surface area contributed by atoms with Gasteiger partial charge in [-0.3, -0.25) is 22.8 Å². The summed E-state index contributed by atoms with van der Waals surface area (Å²) in [7, 11) is -14.1. The molecule has 0 saturated heterocycles. The molecular formula is C4H15NaO16S3. The normalized spacial score (nSPS) is 12.4. The number of aliphatic hydroxyl groups excluding tert-OH is 3. The molecule has 16 nitrogen and oxygen atoms in total. The van der Waals surface area contributed by atoms with Crippen molar-refractivity contribution in [1.29, 1.82) is 0 Å². The summed E-state index contributed by atoms with van der Waals surface area (Å²) in [4.78, 5) is 0. The van der Waals surface area contributed by atoms with Crippen LogP contribution in [0.2, 0.25) is 0 Å². The minimum absolute atomic E-state index is 0. The van der Waals surface area contributed by atoms with Crippen molar-refractivity contribution in [3.63, 3.8) is 0 Å². The van der Waals surface area contributed by atoms with Crippen LogP contribution in [-0.4, -0.2) is 88.3 Å². The van der Waals surface area contributed by atoms with E-state index in [1.165, 1.54) is 0 Å². The van der Waals surface area contributed by atoms with E-state index in [4.69, 9.17) is 54.9 Å². The van der Waals surface area contributed by atoms with Gasteiger partial charge in [-0.15, -0.1) is 0 Å². The number of hydrogen-bond acceptors (Lipinski definition) is 11. The maximum atomic E-state index is 9.99. The van der Waals surface area contributed by atoms with Crippen LogP contribution in [0.15, 0.2) is 0 Å². The van der Waals surface area contributed by atoms with Gasteiger partial charge in [0.1, 0.15) is 0 Å². The van der Waals surface area contributed by atoms with Crippen LogP contribution in [0.25, 0.3) is 0 Å². The molecule has 0 aromatic rings. The first-order valence-electron chi connectivity index (χ1n) is 4.36. The van der Waals surface area contributed by atoms with Gasteiger partial charge in [0.2, 0.25) is 0 Å². The summed E-state index contributed by atoms with van der Waals surface area (Å²) in [5, 5.41) is 25.6. The Labute approximate surface area is 158 Å². The Morgan fingerprint density at radius 2 is 0.958 bits per heavy atom. The van der Waals surface area contributed by atoms with Gasteiger partial charge in [0, 0.05) is 0 Å². The van der Waals surface area contributed by atoms with Crippen LogP contribution in [0.1, 0.15) is 0 Å². The van der Waals surface area contributed by atoms with Crippen molar-refractivity contribution in [1.82, 2.24) is 0 Å². The van der Waals surface area contributed by atoms with Gasteiger partial charge in [0.15, 0.2) is 6.29 Å². The minimum atomic E-state index is -4.76. The van der Waals surface area contributed by atoms with Gasteiger partial charge in [0.25, 0.3) is 0 Å². The molecule has 0 radical (unpaired) electrons. The Balaban J connectivity index is -0.0000000847. The Morgan fingerprint density at radius 3 is 1.08 bits per heavy atom. The molecule has 0 heterocycles. The van der Waals surface area contributed by atoms with E-state index in [2.05, 4.69) is 4.18 Å². The molecule has 24 heavy (non-hydrogen) atoms. The summed E-state index contributed by atoms with van der Waals surface area (Å²) in [6.45, 7) is -1.32. The molecule has 0 rings (SSSR count). The van der Waals surface area contributed by atoms with Gasteiger partial charge in [-0.1, -0.05) is 0 Å². The summed E-state index contributed by atoms with van der Waals surface area (Å²) < 4.78 is 94.8. The predicted octanol–water partition coefficient (Wildman–Crippen LogP) is -6.75. The summed E-state index contributed by atoms with van der Waals surface area (Å²) in [5.74, 6) is -1.16. The molecule has 0 bridgehead atoms. The zero-order valence-electron chi connectivity index (χ0n) is 11.7. The molecule has 20 heteroatoms. The van der Waals surface area contributed by atoms with Crippen molar-refractivity contribution in [2.24, 2.45) is 5.92 Å². The topological polar surface area (TPSA) is 303 Å². The quantitative estimate of drug-likeness (QED) is 0.112. The van der Waals surface area contributed by atoms with E-state index in [-0.39, 0.29) is 35.0 Å². The van der Waals surface area contributed by atoms with Crippen LogP contribution in [0.5, 0.6) is 0 Å². The fraction of sp³-hybridized carbons (Fsp3) is 1.00. The van der Waals surface area contributed by atoms with Gasteiger partial charge in [-0.25, -0.2) is 4.18 Å². The minimum Gasteiger partial charge on any atom is -0.870 e.